The van der Waals surface area contributed by atoms with Crippen LogP contribution >= 0.6 is 11.8 Å². The lowest BCUT2D eigenvalue weighted by atomic mass is 10.2. The second-order valence-corrected chi connectivity index (χ2v) is 5.18. The van der Waals surface area contributed by atoms with Gasteiger partial charge in [0.05, 0.1) is 0 Å². The zero-order chi connectivity index (χ0) is 13.5. The van der Waals surface area contributed by atoms with Crippen molar-refractivity contribution in [1.82, 2.24) is 0 Å². The first kappa shape index (κ1) is 13.6. The summed E-state index contributed by atoms with van der Waals surface area (Å²) in [7, 11) is 0. The number of aromatic hydroxyl groups is 1. The van der Waals surface area contributed by atoms with E-state index in [1.807, 2.05) is 30.3 Å². The highest BCUT2D eigenvalue weighted by atomic mass is 32.2. The molecule has 0 bridgehead atoms. The lowest BCUT2D eigenvalue weighted by Gasteiger charge is -2.11. The number of hydrogen-bond donors (Lipinski definition) is 2. The Morgan fingerprint density at radius 1 is 1.11 bits per heavy atom. The monoisotopic (exact) mass is 271 g/mol. The van der Waals surface area contributed by atoms with Crippen LogP contribution in [0.25, 0.3) is 0 Å². The summed E-state index contributed by atoms with van der Waals surface area (Å²) in [5.41, 5.74) is 2.27. The Hall–Kier alpha value is -1.87. The van der Waals surface area contributed by atoms with Crippen LogP contribution in [-0.2, 0) is 6.54 Å². The fourth-order valence-electron chi connectivity index (χ4n) is 1.70. The molecule has 98 valence electrons. The standard InChI is InChI=1S/C16H17NOS/c1-2-11-19-16-6-4-3-5-15(16)17-12-13-7-9-14(18)10-8-13/h2-10,17-18H,1,11-12H2. The second-order valence-electron chi connectivity index (χ2n) is 4.12. The molecule has 19 heavy (non-hydrogen) atoms. The third kappa shape index (κ3) is 4.07. The molecule has 0 atom stereocenters. The van der Waals surface area contributed by atoms with Crippen molar-refractivity contribution in [2.75, 3.05) is 11.1 Å². The first-order chi connectivity index (χ1) is 9.29. The molecule has 0 heterocycles. The highest BCUT2D eigenvalue weighted by Crippen LogP contribution is 2.27. The average molecular weight is 271 g/mol. The number of nitrogens with one attached hydrogen (secondary N) is 1. The molecule has 2 nitrogen and oxygen atoms in total. The molecule has 0 amide bonds. The van der Waals surface area contributed by atoms with E-state index in [0.29, 0.717) is 5.75 Å². The summed E-state index contributed by atoms with van der Waals surface area (Å²) in [5.74, 6) is 1.20. The Morgan fingerprint density at radius 3 is 2.58 bits per heavy atom. The topological polar surface area (TPSA) is 32.3 Å². The zero-order valence-electron chi connectivity index (χ0n) is 10.7. The maximum absolute atomic E-state index is 9.25. The van der Waals surface area contributed by atoms with E-state index in [2.05, 4.69) is 24.0 Å². The van der Waals surface area contributed by atoms with E-state index in [0.717, 1.165) is 23.5 Å². The molecule has 0 aromatic heterocycles. The van der Waals surface area contributed by atoms with Crippen LogP contribution in [0.2, 0.25) is 0 Å². The zero-order valence-corrected chi connectivity index (χ0v) is 11.5. The Bertz CT molecular complexity index is 537. The van der Waals surface area contributed by atoms with Crippen molar-refractivity contribution in [1.29, 1.82) is 0 Å². The van der Waals surface area contributed by atoms with Crippen LogP contribution in [-0.4, -0.2) is 10.9 Å². The van der Waals surface area contributed by atoms with E-state index >= 15 is 0 Å². The number of thioether (sulfide) groups is 1. The summed E-state index contributed by atoms with van der Waals surface area (Å²) in [6.45, 7) is 4.48. The van der Waals surface area contributed by atoms with E-state index in [9.17, 15) is 5.11 Å². The molecular formula is C16H17NOS. The van der Waals surface area contributed by atoms with E-state index in [-0.39, 0.29) is 0 Å². The molecule has 0 aliphatic carbocycles. The summed E-state index contributed by atoms with van der Waals surface area (Å²) in [6, 6.07) is 15.5. The maximum Gasteiger partial charge on any atom is 0.115 e. The van der Waals surface area contributed by atoms with Gasteiger partial charge in [-0.3, -0.25) is 0 Å². The molecule has 0 unspecified atom stereocenters. The number of phenolic OH excluding ortho intramolecular Hbond substituents is 1. The van der Waals surface area contributed by atoms with Crippen molar-refractivity contribution < 1.29 is 5.11 Å². The van der Waals surface area contributed by atoms with Crippen LogP contribution in [0, 0.1) is 0 Å². The van der Waals surface area contributed by atoms with Gasteiger partial charge in [-0.2, -0.15) is 0 Å². The van der Waals surface area contributed by atoms with E-state index in [1.54, 1.807) is 23.9 Å². The third-order valence-corrected chi connectivity index (χ3v) is 3.73. The minimum absolute atomic E-state index is 0.297. The van der Waals surface area contributed by atoms with Gasteiger partial charge in [-0.05, 0) is 29.8 Å². The molecule has 2 N–H and O–H groups in total. The molecule has 0 aliphatic rings. The normalized spacial score (nSPS) is 10.1. The lowest BCUT2D eigenvalue weighted by Crippen LogP contribution is -2.00. The molecular weight excluding hydrogens is 254 g/mol. The summed E-state index contributed by atoms with van der Waals surface area (Å²) >= 11 is 1.76. The quantitative estimate of drug-likeness (QED) is 0.607. The van der Waals surface area contributed by atoms with Gasteiger partial charge in [0, 0.05) is 22.9 Å². The van der Waals surface area contributed by atoms with Gasteiger partial charge in [0.1, 0.15) is 5.75 Å². The van der Waals surface area contributed by atoms with Crippen LogP contribution in [0.1, 0.15) is 5.56 Å². The van der Waals surface area contributed by atoms with Crippen molar-refractivity contribution in [3.8, 4) is 5.75 Å². The molecule has 0 fully saturated rings. The maximum atomic E-state index is 9.25. The van der Waals surface area contributed by atoms with Gasteiger partial charge in [-0.1, -0.05) is 30.3 Å². The Labute approximate surface area is 118 Å². The largest absolute Gasteiger partial charge is 0.508 e. The van der Waals surface area contributed by atoms with Crippen molar-refractivity contribution >= 4 is 17.4 Å². The van der Waals surface area contributed by atoms with Crippen LogP contribution < -0.4 is 5.32 Å². The molecule has 0 aliphatic heterocycles. The molecule has 0 radical (unpaired) electrons. The second kappa shape index (κ2) is 6.90. The minimum atomic E-state index is 0.297. The fourth-order valence-corrected chi connectivity index (χ4v) is 2.47. The van der Waals surface area contributed by atoms with E-state index < -0.39 is 0 Å². The molecule has 0 spiro atoms. The number of hydrogen-bond acceptors (Lipinski definition) is 3. The number of para-hydroxylation sites is 1. The Kier molecular flexibility index (Phi) is 4.93. The molecule has 0 saturated heterocycles. The van der Waals surface area contributed by atoms with Gasteiger partial charge in [-0.15, -0.1) is 18.3 Å². The Balaban J connectivity index is 2.02. The Morgan fingerprint density at radius 2 is 1.84 bits per heavy atom. The van der Waals surface area contributed by atoms with Crippen LogP contribution in [0.3, 0.4) is 0 Å². The summed E-state index contributed by atoms with van der Waals surface area (Å²) < 4.78 is 0. The van der Waals surface area contributed by atoms with Gasteiger partial charge >= 0.3 is 0 Å². The number of phenols is 1. The fraction of sp³-hybridized carbons (Fsp3) is 0.125. The van der Waals surface area contributed by atoms with Gasteiger partial charge in [0.15, 0.2) is 0 Å². The highest BCUT2D eigenvalue weighted by molar-refractivity contribution is 7.99. The molecule has 0 saturated carbocycles. The summed E-state index contributed by atoms with van der Waals surface area (Å²) in [5, 5.41) is 12.7. The highest BCUT2D eigenvalue weighted by Gasteiger charge is 2.01. The van der Waals surface area contributed by atoms with Crippen molar-refractivity contribution in [3.05, 3.63) is 66.7 Å². The van der Waals surface area contributed by atoms with Crippen molar-refractivity contribution in [3.63, 3.8) is 0 Å². The number of anilines is 1. The van der Waals surface area contributed by atoms with Gasteiger partial charge in [0.2, 0.25) is 0 Å². The SMILES string of the molecule is C=CCSc1ccccc1NCc1ccc(O)cc1. The molecule has 3 heteroatoms. The summed E-state index contributed by atoms with van der Waals surface area (Å²) in [4.78, 5) is 1.22. The number of rotatable bonds is 6. The van der Waals surface area contributed by atoms with Crippen molar-refractivity contribution in [2.45, 2.75) is 11.4 Å². The lowest BCUT2D eigenvalue weighted by molar-refractivity contribution is 0.475. The first-order valence-corrected chi connectivity index (χ1v) is 7.12. The van der Waals surface area contributed by atoms with Crippen LogP contribution in [0.5, 0.6) is 5.75 Å². The predicted molar refractivity (Wildman–Crippen MR) is 82.8 cm³/mol. The van der Waals surface area contributed by atoms with Gasteiger partial charge in [-0.25, -0.2) is 0 Å². The third-order valence-electron chi connectivity index (χ3n) is 2.66. The summed E-state index contributed by atoms with van der Waals surface area (Å²) in [6.07, 6.45) is 1.90. The van der Waals surface area contributed by atoms with Crippen molar-refractivity contribution in [2.24, 2.45) is 0 Å². The number of benzene rings is 2. The van der Waals surface area contributed by atoms with Crippen LogP contribution in [0.15, 0.2) is 66.1 Å². The van der Waals surface area contributed by atoms with Gasteiger partial charge < -0.3 is 10.4 Å². The van der Waals surface area contributed by atoms with Gasteiger partial charge in [0.25, 0.3) is 0 Å². The average Bonchev–Trinajstić information content (AvgIpc) is 2.45. The van der Waals surface area contributed by atoms with E-state index in [4.69, 9.17) is 0 Å². The predicted octanol–water partition coefficient (Wildman–Crippen LogP) is 4.28. The molecule has 2 rings (SSSR count). The van der Waals surface area contributed by atoms with E-state index in [1.165, 1.54) is 4.90 Å². The van der Waals surface area contributed by atoms with Crippen LogP contribution in [0.4, 0.5) is 5.69 Å². The smallest absolute Gasteiger partial charge is 0.115 e. The molecule has 2 aromatic carbocycles. The minimum Gasteiger partial charge on any atom is -0.508 e. The molecule has 2 aromatic rings. The first-order valence-electron chi connectivity index (χ1n) is 6.14.